The van der Waals surface area contributed by atoms with Gasteiger partial charge in [0.1, 0.15) is 0 Å². The third kappa shape index (κ3) is 182. The van der Waals surface area contributed by atoms with Crippen molar-refractivity contribution in [3.05, 3.63) is 0 Å². The molecule has 0 aliphatic heterocycles. The average molecular weight is 504 g/mol. The van der Waals surface area contributed by atoms with Gasteiger partial charge in [-0.2, -0.15) is 0 Å². The molecule has 0 radical (unpaired) electrons. The molecule has 0 amide bonds. The van der Waals surface area contributed by atoms with Gasteiger partial charge in [0.2, 0.25) is 0 Å². The van der Waals surface area contributed by atoms with E-state index < -0.39 is 0 Å². The zero-order valence-corrected chi connectivity index (χ0v) is 22.6. The summed E-state index contributed by atoms with van der Waals surface area (Å²) in [6.07, 6.45) is 13.9. The van der Waals surface area contributed by atoms with E-state index in [0.29, 0.717) is 0 Å². The summed E-state index contributed by atoms with van der Waals surface area (Å²) in [7, 11) is 0. The van der Waals surface area contributed by atoms with Crippen LogP contribution < -0.4 is 31.3 Å². The Balaban J connectivity index is -0.0000000499. The van der Waals surface area contributed by atoms with Crippen molar-refractivity contribution in [2.75, 3.05) is 39.6 Å². The fourth-order valence-corrected chi connectivity index (χ4v) is 1.63. The fraction of sp³-hybridized carbons (Fsp3) is 1.00. The second-order valence-electron chi connectivity index (χ2n) is 5.41. The van der Waals surface area contributed by atoms with Crippen LogP contribution in [0.1, 0.15) is 106 Å². The van der Waals surface area contributed by atoms with E-state index in [2.05, 4.69) is 6.92 Å². The summed E-state index contributed by atoms with van der Waals surface area (Å²) < 4.78 is 0. The summed E-state index contributed by atoms with van der Waals surface area (Å²) in [6.45, 7) is 11.0. The Kier molecular flexibility index (Phi) is 129. The number of rotatable bonds is 10. The molecule has 0 aromatic carbocycles. The molecule has 0 aromatic rings. The molecule has 0 heterocycles. The molecule has 6 nitrogen and oxygen atoms in total. The van der Waals surface area contributed by atoms with Crippen molar-refractivity contribution >= 4 is 0 Å². The molecule has 2 N–H and O–H groups in total. The van der Waals surface area contributed by atoms with Crippen LogP contribution in [-0.2, 0) is 22.4 Å². The monoisotopic (exact) mass is 503 g/mol. The van der Waals surface area contributed by atoms with Gasteiger partial charge in [0.25, 0.3) is 0 Å². The van der Waals surface area contributed by atoms with E-state index in [1.165, 1.54) is 64.2 Å². The zero-order valence-electron chi connectivity index (χ0n) is 20.4. The normalized spacial score (nSPS) is 7.86. The van der Waals surface area contributed by atoms with Gasteiger partial charge < -0.3 is 31.3 Å². The Morgan fingerprint density at radius 1 is 0.414 bits per heavy atom. The van der Waals surface area contributed by atoms with Crippen LogP contribution in [0.15, 0.2) is 0 Å². The van der Waals surface area contributed by atoms with Crippen LogP contribution in [0.5, 0.6) is 0 Å². The predicted octanol–water partition coefficient (Wildman–Crippen LogP) is 0.697. The summed E-state index contributed by atoms with van der Waals surface area (Å²) in [5.41, 5.74) is 5.42. The SMILES string of the molecule is CCCCCCCCCCCCN.CC[O-].CC[O-].CC[O-].CC[O-].CC[O-].[Nb+5]. The fourth-order valence-electron chi connectivity index (χ4n) is 1.63. The van der Waals surface area contributed by atoms with Crippen LogP contribution >= 0.6 is 0 Å². The van der Waals surface area contributed by atoms with Crippen LogP contribution in [0.4, 0.5) is 0 Å². The van der Waals surface area contributed by atoms with Crippen LogP contribution in [0.3, 0.4) is 0 Å². The molecular weight excluding hydrogens is 451 g/mol. The maximum atomic E-state index is 8.93. The minimum absolute atomic E-state index is 0. The molecule has 0 atom stereocenters. The number of nitrogens with two attached hydrogens (primary N) is 1. The van der Waals surface area contributed by atoms with Gasteiger partial charge in [-0.3, -0.25) is 0 Å². The molecule has 0 spiro atoms. The van der Waals surface area contributed by atoms with Crippen LogP contribution in [0, 0.1) is 0 Å². The molecule has 0 rings (SSSR count). The van der Waals surface area contributed by atoms with E-state index in [1.807, 2.05) is 0 Å². The first kappa shape index (κ1) is 47.3. The van der Waals surface area contributed by atoms with Crippen LogP contribution in [0.25, 0.3) is 0 Å². The second kappa shape index (κ2) is 79.2. The molecule has 0 aliphatic rings. The first-order chi connectivity index (χ1) is 13.5. The second-order valence-corrected chi connectivity index (χ2v) is 5.41. The van der Waals surface area contributed by atoms with Gasteiger partial charge in [0, 0.05) is 0 Å². The first-order valence-corrected chi connectivity index (χ1v) is 11.1. The van der Waals surface area contributed by atoms with Crippen molar-refractivity contribution in [3.63, 3.8) is 0 Å². The molecule has 0 unspecified atom stereocenters. The average Bonchev–Trinajstić information content (AvgIpc) is 2.64. The van der Waals surface area contributed by atoms with E-state index >= 15 is 0 Å². The van der Waals surface area contributed by atoms with E-state index in [0.717, 1.165) is 6.54 Å². The summed E-state index contributed by atoms with van der Waals surface area (Å²) in [5.74, 6) is 0. The molecule has 7 heteroatoms. The molecular formula is C22H52NNbO5. The van der Waals surface area contributed by atoms with Gasteiger partial charge in [-0.1, -0.05) is 99.3 Å². The van der Waals surface area contributed by atoms with Gasteiger partial charge in [-0.05, 0) is 13.0 Å². The summed E-state index contributed by atoms with van der Waals surface area (Å²) in [5, 5.41) is 44.7. The van der Waals surface area contributed by atoms with Gasteiger partial charge in [0.05, 0.1) is 0 Å². The zero-order chi connectivity index (χ0) is 23.3. The van der Waals surface area contributed by atoms with Gasteiger partial charge >= 0.3 is 22.4 Å². The third-order valence-corrected chi connectivity index (χ3v) is 2.56. The molecule has 0 aliphatic carbocycles. The van der Waals surface area contributed by atoms with E-state index in [9.17, 15) is 0 Å². The topological polar surface area (TPSA) is 141 Å². The van der Waals surface area contributed by atoms with Crippen molar-refractivity contribution in [2.45, 2.75) is 106 Å². The third-order valence-electron chi connectivity index (χ3n) is 2.56. The molecule has 0 bridgehead atoms. The van der Waals surface area contributed by atoms with Crippen molar-refractivity contribution in [2.24, 2.45) is 5.73 Å². The number of hydrogen-bond acceptors (Lipinski definition) is 6. The Morgan fingerprint density at radius 2 is 0.586 bits per heavy atom. The van der Waals surface area contributed by atoms with E-state index in [4.69, 9.17) is 31.3 Å². The largest absolute Gasteiger partial charge is 5.00 e. The Labute approximate surface area is 198 Å². The molecule has 180 valence electrons. The standard InChI is InChI=1S/C12H27N.5C2H5O.Nb/c1-2-3-4-5-6-7-8-9-10-11-12-13;5*1-2-3;/h2-13H2,1H3;5*2H2,1H3;/q;5*-1;+5. The molecule has 29 heavy (non-hydrogen) atoms. The predicted molar refractivity (Wildman–Crippen MR) is 114 cm³/mol. The molecule has 0 aromatic heterocycles. The summed E-state index contributed by atoms with van der Waals surface area (Å²) >= 11 is 0. The minimum atomic E-state index is 0. The van der Waals surface area contributed by atoms with E-state index in [1.54, 1.807) is 34.6 Å². The minimum Gasteiger partial charge on any atom is -0.855 e. The molecule has 0 saturated heterocycles. The van der Waals surface area contributed by atoms with Crippen molar-refractivity contribution in [1.82, 2.24) is 0 Å². The first-order valence-electron chi connectivity index (χ1n) is 11.1. The maximum absolute atomic E-state index is 8.93. The van der Waals surface area contributed by atoms with Crippen molar-refractivity contribution in [1.29, 1.82) is 0 Å². The molecule has 0 fully saturated rings. The van der Waals surface area contributed by atoms with Crippen molar-refractivity contribution < 1.29 is 47.9 Å². The van der Waals surface area contributed by atoms with Crippen LogP contribution in [0.2, 0.25) is 0 Å². The van der Waals surface area contributed by atoms with Gasteiger partial charge in [0.15, 0.2) is 0 Å². The van der Waals surface area contributed by atoms with Crippen LogP contribution in [-0.4, -0.2) is 39.6 Å². The van der Waals surface area contributed by atoms with Gasteiger partial charge in [-0.15, -0.1) is 33.0 Å². The smallest absolute Gasteiger partial charge is 0.855 e. The Bertz CT molecular complexity index is 138. The summed E-state index contributed by atoms with van der Waals surface area (Å²) in [4.78, 5) is 0. The van der Waals surface area contributed by atoms with Crippen molar-refractivity contribution in [3.8, 4) is 0 Å². The Morgan fingerprint density at radius 3 is 0.759 bits per heavy atom. The number of unbranched alkanes of at least 4 members (excludes halogenated alkanes) is 9. The maximum Gasteiger partial charge on any atom is 5.00 e. The summed E-state index contributed by atoms with van der Waals surface area (Å²) in [6, 6.07) is 0. The molecule has 0 saturated carbocycles. The quantitative estimate of drug-likeness (QED) is 0.344. The van der Waals surface area contributed by atoms with E-state index in [-0.39, 0.29) is 55.4 Å². The Hall–Kier alpha value is 0.500. The van der Waals surface area contributed by atoms with Gasteiger partial charge in [-0.25, -0.2) is 0 Å². The number of hydrogen-bond donors (Lipinski definition) is 1.